The van der Waals surface area contributed by atoms with E-state index in [1.807, 2.05) is 26.0 Å². The molecular weight excluding hydrogens is 817 g/mol. The average Bonchev–Trinajstić information content (AvgIpc) is 3.18. The first kappa shape index (κ1) is 49.3. The zero-order valence-electron chi connectivity index (χ0n) is 37.9. The first-order valence-corrected chi connectivity index (χ1v) is 25.9. The number of hydrogen-bond acceptors (Lipinski definition) is 6. The predicted octanol–water partition coefficient (Wildman–Crippen LogP) is 13.1. The first-order chi connectivity index (χ1) is 28.4. The van der Waals surface area contributed by atoms with Gasteiger partial charge in [-0.15, -0.1) is 0 Å². The lowest BCUT2D eigenvalue weighted by Gasteiger charge is -2.33. The van der Waals surface area contributed by atoms with E-state index in [0.29, 0.717) is 11.1 Å². The summed E-state index contributed by atoms with van der Waals surface area (Å²) in [4.78, 5) is 0.402. The fraction of sp³-hybridized carbons (Fsp3) is 0.385. The Morgan fingerprint density at radius 1 is 0.525 bits per heavy atom. The van der Waals surface area contributed by atoms with Crippen LogP contribution >= 0.6 is 0 Å². The fourth-order valence-corrected chi connectivity index (χ4v) is 12.1. The van der Waals surface area contributed by atoms with Gasteiger partial charge < -0.3 is 0 Å². The van der Waals surface area contributed by atoms with Crippen molar-refractivity contribution < 1.29 is 25.3 Å². The van der Waals surface area contributed by atoms with Crippen molar-refractivity contribution in [2.45, 2.75) is 118 Å². The summed E-state index contributed by atoms with van der Waals surface area (Å²) in [6, 6.07) is 16.4. The van der Waals surface area contributed by atoms with Crippen LogP contribution in [-0.4, -0.2) is 36.8 Å². The van der Waals surface area contributed by atoms with Gasteiger partial charge in [-0.2, -0.15) is 0 Å². The maximum atomic E-state index is 13.9. The molecule has 0 spiro atoms. The van der Waals surface area contributed by atoms with E-state index in [2.05, 4.69) is 53.7 Å². The number of hydrogen-bond donors (Lipinski definition) is 0. The molecule has 9 heteroatoms. The minimum Gasteiger partial charge on any atom is -0.228 e. The molecule has 0 fully saturated rings. The lowest BCUT2D eigenvalue weighted by atomic mass is 9.72. The first-order valence-electron chi connectivity index (χ1n) is 21.2. The molecule has 2 aliphatic rings. The highest BCUT2D eigenvalue weighted by atomic mass is 32.2. The summed E-state index contributed by atoms with van der Waals surface area (Å²) in [7, 11) is -11.6. The second-order valence-corrected chi connectivity index (χ2v) is 24.1. The maximum Gasteiger partial charge on any atom is 0.206 e. The Morgan fingerprint density at radius 3 is 1.20 bits per heavy atom. The van der Waals surface area contributed by atoms with Gasteiger partial charge in [-0.25, -0.2) is 25.3 Å². The molecule has 0 heterocycles. The minimum atomic E-state index is -3.94. The lowest BCUT2D eigenvalue weighted by molar-refractivity contribution is 0.376. The number of allylic oxidation sites excluding steroid dienone is 16. The predicted molar refractivity (Wildman–Crippen MR) is 256 cm³/mol. The number of rotatable bonds is 16. The van der Waals surface area contributed by atoms with Crippen LogP contribution in [0.4, 0.5) is 0 Å². The standard InChI is InChI=1S/C52H66O6S3/c1-39(25-27-49-43(5)19-17-31-51(49,7)8)35-47(60(55,56)45-21-13-11-14-22-45)37-41(3)29-33-59(53,54)34-30-42(4)38-48(61(57,58)46-23-15-12-16-24-46)36-40(2)26-28-50-44(6)20-18-32-52(50,9)10/h11-16,21-30,35-38H,17-20,31-34H2,1-10H3. The lowest BCUT2D eigenvalue weighted by Crippen LogP contribution is -2.19. The monoisotopic (exact) mass is 882 g/mol. The quantitative estimate of drug-likeness (QED) is 0.156. The Bertz CT molecular complexity index is 2410. The molecule has 0 saturated heterocycles. The summed E-state index contributed by atoms with van der Waals surface area (Å²) in [6.07, 6.45) is 24.0. The van der Waals surface area contributed by atoms with Crippen molar-refractivity contribution >= 4 is 29.5 Å². The molecule has 0 atom stereocenters. The van der Waals surface area contributed by atoms with Gasteiger partial charge in [0.15, 0.2) is 9.84 Å². The van der Waals surface area contributed by atoms with Gasteiger partial charge in [0, 0.05) is 0 Å². The molecule has 0 amide bonds. The molecule has 0 N–H and O–H groups in total. The van der Waals surface area contributed by atoms with E-state index in [9.17, 15) is 25.3 Å². The third kappa shape index (κ3) is 13.8. The van der Waals surface area contributed by atoms with Crippen LogP contribution in [0.5, 0.6) is 0 Å². The van der Waals surface area contributed by atoms with Crippen molar-refractivity contribution in [3.63, 3.8) is 0 Å². The molecule has 328 valence electrons. The molecule has 2 aliphatic carbocycles. The average molecular weight is 883 g/mol. The van der Waals surface area contributed by atoms with Crippen molar-refractivity contribution in [3.8, 4) is 0 Å². The van der Waals surface area contributed by atoms with Crippen LogP contribution in [0, 0.1) is 10.8 Å². The molecule has 0 bridgehead atoms. The van der Waals surface area contributed by atoms with Crippen LogP contribution in [0.1, 0.15) is 108 Å². The molecule has 6 nitrogen and oxygen atoms in total. The van der Waals surface area contributed by atoms with Crippen LogP contribution < -0.4 is 0 Å². The summed E-state index contributed by atoms with van der Waals surface area (Å²) in [5.41, 5.74) is 7.73. The zero-order valence-corrected chi connectivity index (χ0v) is 40.3. The van der Waals surface area contributed by atoms with E-state index in [0.717, 1.165) is 49.7 Å². The topological polar surface area (TPSA) is 102 Å². The zero-order chi connectivity index (χ0) is 45.2. The second-order valence-electron chi connectivity index (χ2n) is 18.0. The van der Waals surface area contributed by atoms with Gasteiger partial charge in [0.2, 0.25) is 19.7 Å². The molecule has 4 rings (SSSR count). The molecular formula is C52H66O6S3. The Morgan fingerprint density at radius 2 is 0.869 bits per heavy atom. The molecule has 0 aliphatic heterocycles. The van der Waals surface area contributed by atoms with E-state index in [1.165, 1.54) is 46.6 Å². The van der Waals surface area contributed by atoms with Crippen molar-refractivity contribution in [1.29, 1.82) is 0 Å². The van der Waals surface area contributed by atoms with E-state index in [1.54, 1.807) is 86.7 Å². The van der Waals surface area contributed by atoms with Gasteiger partial charge in [-0.1, -0.05) is 123 Å². The summed E-state index contributed by atoms with van der Waals surface area (Å²) in [5, 5.41) is 0. The summed E-state index contributed by atoms with van der Waals surface area (Å²) in [5.74, 6) is -0.672. The van der Waals surface area contributed by atoms with E-state index in [-0.39, 0.29) is 41.9 Å². The van der Waals surface area contributed by atoms with Gasteiger partial charge in [0.05, 0.1) is 31.1 Å². The van der Waals surface area contributed by atoms with Crippen molar-refractivity contribution in [2.24, 2.45) is 10.8 Å². The normalized spacial score (nSPS) is 19.4. The SMILES string of the molecule is CC(=CCS(=O)(=O)CC=C(C)C=C(C=C(C)C=CC1=C(C)CCCC1(C)C)S(=O)(=O)c1ccccc1)C=C(C=C(C)C=CC1=C(C)CCCC1(C)C)S(=O)(=O)c1ccccc1. The van der Waals surface area contributed by atoms with Crippen molar-refractivity contribution in [2.75, 3.05) is 11.5 Å². The number of benzene rings is 2. The highest BCUT2D eigenvalue weighted by molar-refractivity contribution is 7.95. The number of sulfone groups is 3. The van der Waals surface area contributed by atoms with Crippen molar-refractivity contribution in [3.05, 3.63) is 176 Å². The maximum absolute atomic E-state index is 13.9. The Labute approximate surface area is 368 Å². The fourth-order valence-electron chi connectivity index (χ4n) is 8.01. The summed E-state index contributed by atoms with van der Waals surface area (Å²) < 4.78 is 82.6. The molecule has 61 heavy (non-hydrogen) atoms. The summed E-state index contributed by atoms with van der Waals surface area (Å²) in [6.45, 7) is 20.4. The van der Waals surface area contributed by atoms with Crippen LogP contribution in [0.15, 0.2) is 186 Å². The molecule has 0 saturated carbocycles. The third-order valence-electron chi connectivity index (χ3n) is 11.6. The molecule has 0 unspecified atom stereocenters. The largest absolute Gasteiger partial charge is 0.228 e. The second kappa shape index (κ2) is 20.7. The molecule has 0 aromatic heterocycles. The molecule has 0 radical (unpaired) electrons. The highest BCUT2D eigenvalue weighted by Crippen LogP contribution is 2.42. The van der Waals surface area contributed by atoms with Crippen LogP contribution in [0.25, 0.3) is 0 Å². The smallest absolute Gasteiger partial charge is 0.206 e. The van der Waals surface area contributed by atoms with E-state index in [4.69, 9.17) is 0 Å². The van der Waals surface area contributed by atoms with E-state index < -0.39 is 29.5 Å². The van der Waals surface area contributed by atoms with Gasteiger partial charge in [0.1, 0.15) is 0 Å². The summed E-state index contributed by atoms with van der Waals surface area (Å²) >= 11 is 0. The highest BCUT2D eigenvalue weighted by Gasteiger charge is 2.28. The molecule has 2 aromatic carbocycles. The van der Waals surface area contributed by atoms with Crippen LogP contribution in [0.3, 0.4) is 0 Å². The molecule has 2 aromatic rings. The van der Waals surface area contributed by atoms with Crippen LogP contribution in [0.2, 0.25) is 0 Å². The Kier molecular flexibility index (Phi) is 16.8. The van der Waals surface area contributed by atoms with Crippen LogP contribution in [-0.2, 0) is 29.5 Å². The third-order valence-corrected chi connectivity index (χ3v) is 16.5. The van der Waals surface area contributed by atoms with E-state index >= 15 is 0 Å². The van der Waals surface area contributed by atoms with Crippen molar-refractivity contribution in [1.82, 2.24) is 0 Å². The van der Waals surface area contributed by atoms with Gasteiger partial charge in [0.25, 0.3) is 0 Å². The Balaban J connectivity index is 1.64. The van der Waals surface area contributed by atoms with Gasteiger partial charge in [-0.3, -0.25) is 0 Å². The Hall–Kier alpha value is -4.31. The van der Waals surface area contributed by atoms with Gasteiger partial charge >= 0.3 is 0 Å². The van der Waals surface area contributed by atoms with Gasteiger partial charge in [-0.05, 0) is 162 Å². The minimum absolute atomic E-state index is 0.0297.